The Morgan fingerprint density at radius 3 is 2.75 bits per heavy atom. The zero-order chi connectivity index (χ0) is 11.9. The maximum absolute atomic E-state index is 13.0. The number of benzene rings is 1. The zero-order valence-corrected chi connectivity index (χ0v) is 10.3. The van der Waals surface area contributed by atoms with Crippen LogP contribution in [0.15, 0.2) is 18.2 Å². The van der Waals surface area contributed by atoms with Crippen LogP contribution in [0.25, 0.3) is 0 Å². The lowest BCUT2D eigenvalue weighted by Crippen LogP contribution is -2.49. The summed E-state index contributed by atoms with van der Waals surface area (Å²) in [5.74, 6) is -0.0765. The number of aliphatic hydroxyl groups is 1. The van der Waals surface area contributed by atoms with Crippen LogP contribution in [-0.2, 0) is 0 Å². The SMILES string of the molecule is CCC1(C)C(O)CC1c1ccc(F)cc1Cl. The quantitative estimate of drug-likeness (QED) is 0.838. The van der Waals surface area contributed by atoms with E-state index < -0.39 is 0 Å². The summed E-state index contributed by atoms with van der Waals surface area (Å²) < 4.78 is 13.0. The highest BCUT2D eigenvalue weighted by molar-refractivity contribution is 6.31. The summed E-state index contributed by atoms with van der Waals surface area (Å²) in [4.78, 5) is 0. The Morgan fingerprint density at radius 1 is 1.56 bits per heavy atom. The van der Waals surface area contributed by atoms with Crippen molar-refractivity contribution in [3.63, 3.8) is 0 Å². The minimum absolute atomic E-state index is 0.124. The molecule has 1 nitrogen and oxygen atoms in total. The summed E-state index contributed by atoms with van der Waals surface area (Å²) in [5.41, 5.74) is 0.833. The molecule has 0 radical (unpaired) electrons. The fraction of sp³-hybridized carbons (Fsp3) is 0.538. The highest BCUT2D eigenvalue weighted by Gasteiger charge is 2.50. The van der Waals surface area contributed by atoms with Gasteiger partial charge in [-0.25, -0.2) is 4.39 Å². The minimum atomic E-state index is -0.313. The second-order valence-electron chi connectivity index (χ2n) is 4.83. The molecule has 3 heteroatoms. The molecular formula is C13H16ClFO. The topological polar surface area (TPSA) is 20.2 Å². The molecule has 1 fully saturated rings. The van der Waals surface area contributed by atoms with Gasteiger partial charge in [-0.3, -0.25) is 0 Å². The normalized spacial score (nSPS) is 33.6. The average molecular weight is 243 g/mol. The van der Waals surface area contributed by atoms with E-state index in [9.17, 15) is 9.50 Å². The molecule has 0 heterocycles. The van der Waals surface area contributed by atoms with E-state index in [0.717, 1.165) is 18.4 Å². The molecule has 1 N–H and O–H groups in total. The second-order valence-corrected chi connectivity index (χ2v) is 5.24. The van der Waals surface area contributed by atoms with Gasteiger partial charge in [-0.2, -0.15) is 0 Å². The summed E-state index contributed by atoms with van der Waals surface area (Å²) in [5, 5.41) is 10.3. The molecule has 88 valence electrons. The molecular weight excluding hydrogens is 227 g/mol. The number of aliphatic hydroxyl groups excluding tert-OH is 1. The smallest absolute Gasteiger partial charge is 0.124 e. The fourth-order valence-corrected chi connectivity index (χ4v) is 2.88. The standard InChI is InChI=1S/C13H16ClFO/c1-3-13(2)10(7-12(13)16)9-5-4-8(15)6-11(9)14/h4-6,10,12,16H,3,7H2,1-2H3. The van der Waals surface area contributed by atoms with Crippen LogP contribution in [0.4, 0.5) is 4.39 Å². The summed E-state index contributed by atoms with van der Waals surface area (Å²) in [6.07, 6.45) is 1.34. The van der Waals surface area contributed by atoms with Crippen LogP contribution < -0.4 is 0 Å². The Bertz CT molecular complexity index is 407. The molecule has 1 aromatic rings. The predicted octanol–water partition coefficient (Wildman–Crippen LogP) is 3.74. The molecule has 1 saturated carbocycles. The Balaban J connectivity index is 2.33. The van der Waals surface area contributed by atoms with Gasteiger partial charge in [0.15, 0.2) is 0 Å². The van der Waals surface area contributed by atoms with Gasteiger partial charge in [0.05, 0.1) is 6.10 Å². The van der Waals surface area contributed by atoms with Crippen LogP contribution in [0.5, 0.6) is 0 Å². The van der Waals surface area contributed by atoms with Crippen LogP contribution >= 0.6 is 11.6 Å². The van der Waals surface area contributed by atoms with E-state index in [1.807, 2.05) is 0 Å². The van der Waals surface area contributed by atoms with Gasteiger partial charge in [-0.1, -0.05) is 31.5 Å². The lowest BCUT2D eigenvalue weighted by molar-refractivity contribution is -0.0777. The van der Waals surface area contributed by atoms with Crippen molar-refractivity contribution < 1.29 is 9.50 Å². The third-order valence-electron chi connectivity index (χ3n) is 4.12. The first-order valence-corrected chi connectivity index (χ1v) is 6.00. The molecule has 16 heavy (non-hydrogen) atoms. The highest BCUT2D eigenvalue weighted by Crippen LogP contribution is 2.56. The lowest BCUT2D eigenvalue weighted by atomic mass is 9.55. The maximum Gasteiger partial charge on any atom is 0.124 e. The Hall–Kier alpha value is -0.600. The first-order valence-electron chi connectivity index (χ1n) is 5.62. The highest BCUT2D eigenvalue weighted by atomic mass is 35.5. The van der Waals surface area contributed by atoms with Crippen molar-refractivity contribution in [2.45, 2.75) is 38.7 Å². The van der Waals surface area contributed by atoms with Gasteiger partial charge in [0, 0.05) is 10.4 Å². The molecule has 3 atom stereocenters. The predicted molar refractivity (Wildman–Crippen MR) is 63.2 cm³/mol. The van der Waals surface area contributed by atoms with E-state index in [4.69, 9.17) is 11.6 Å². The average Bonchev–Trinajstić information content (AvgIpc) is 2.26. The van der Waals surface area contributed by atoms with Gasteiger partial charge in [-0.15, -0.1) is 0 Å². The molecule has 0 aromatic heterocycles. The minimum Gasteiger partial charge on any atom is -0.393 e. The number of halogens is 2. The monoisotopic (exact) mass is 242 g/mol. The number of rotatable bonds is 2. The first kappa shape index (κ1) is 11.9. The molecule has 1 aliphatic rings. The van der Waals surface area contributed by atoms with Gasteiger partial charge < -0.3 is 5.11 Å². The van der Waals surface area contributed by atoms with Crippen molar-refractivity contribution in [3.8, 4) is 0 Å². The molecule has 0 aliphatic heterocycles. The van der Waals surface area contributed by atoms with E-state index in [0.29, 0.717) is 5.02 Å². The Morgan fingerprint density at radius 2 is 2.25 bits per heavy atom. The van der Waals surface area contributed by atoms with Gasteiger partial charge in [0.2, 0.25) is 0 Å². The molecule has 3 unspecified atom stereocenters. The first-order chi connectivity index (χ1) is 7.49. The van der Waals surface area contributed by atoms with Crippen LogP contribution in [0, 0.1) is 11.2 Å². The fourth-order valence-electron chi connectivity index (χ4n) is 2.58. The Kier molecular flexibility index (Phi) is 2.97. The van der Waals surface area contributed by atoms with Crippen molar-refractivity contribution in [2.24, 2.45) is 5.41 Å². The van der Waals surface area contributed by atoms with Gasteiger partial charge in [0.25, 0.3) is 0 Å². The van der Waals surface area contributed by atoms with Crippen molar-refractivity contribution in [1.29, 1.82) is 0 Å². The number of hydrogen-bond donors (Lipinski definition) is 1. The van der Waals surface area contributed by atoms with E-state index >= 15 is 0 Å². The molecule has 0 saturated heterocycles. The molecule has 1 aliphatic carbocycles. The lowest BCUT2D eigenvalue weighted by Gasteiger charge is -2.52. The van der Waals surface area contributed by atoms with Crippen molar-refractivity contribution in [3.05, 3.63) is 34.6 Å². The van der Waals surface area contributed by atoms with Crippen molar-refractivity contribution in [2.75, 3.05) is 0 Å². The van der Waals surface area contributed by atoms with Crippen molar-refractivity contribution in [1.82, 2.24) is 0 Å². The van der Waals surface area contributed by atoms with Gasteiger partial charge >= 0.3 is 0 Å². The van der Waals surface area contributed by atoms with Crippen molar-refractivity contribution >= 4 is 11.6 Å². The van der Waals surface area contributed by atoms with E-state index in [1.54, 1.807) is 6.07 Å². The van der Waals surface area contributed by atoms with Crippen LogP contribution in [-0.4, -0.2) is 11.2 Å². The van der Waals surface area contributed by atoms with Crippen LogP contribution in [0.1, 0.15) is 38.2 Å². The summed E-state index contributed by atoms with van der Waals surface area (Å²) in [7, 11) is 0. The van der Waals surface area contributed by atoms with Crippen LogP contribution in [0.3, 0.4) is 0 Å². The largest absolute Gasteiger partial charge is 0.393 e. The molecule has 0 spiro atoms. The third kappa shape index (κ3) is 1.64. The Labute approximate surface area is 100 Å². The van der Waals surface area contributed by atoms with E-state index in [1.165, 1.54) is 12.1 Å². The third-order valence-corrected chi connectivity index (χ3v) is 4.44. The van der Waals surface area contributed by atoms with E-state index in [2.05, 4.69) is 13.8 Å². The van der Waals surface area contributed by atoms with Gasteiger partial charge in [0.1, 0.15) is 5.82 Å². The molecule has 2 rings (SSSR count). The zero-order valence-electron chi connectivity index (χ0n) is 9.50. The molecule has 0 amide bonds. The summed E-state index contributed by atoms with van der Waals surface area (Å²) in [6, 6.07) is 4.52. The van der Waals surface area contributed by atoms with Crippen LogP contribution in [0.2, 0.25) is 5.02 Å². The molecule has 1 aromatic carbocycles. The van der Waals surface area contributed by atoms with Gasteiger partial charge in [-0.05, 0) is 36.5 Å². The molecule has 0 bridgehead atoms. The van der Waals surface area contributed by atoms with E-state index in [-0.39, 0.29) is 23.3 Å². The summed E-state index contributed by atoms with van der Waals surface area (Å²) in [6.45, 7) is 4.12. The second kappa shape index (κ2) is 4.01. The number of hydrogen-bond acceptors (Lipinski definition) is 1. The maximum atomic E-state index is 13.0. The summed E-state index contributed by atoms with van der Waals surface area (Å²) >= 11 is 6.05.